The molecule has 3 saturated heterocycles. The van der Waals surface area contributed by atoms with Gasteiger partial charge >= 0.3 is 35.6 Å². The summed E-state index contributed by atoms with van der Waals surface area (Å²) < 4.78 is 161. The van der Waals surface area contributed by atoms with Crippen LogP contribution in [0.2, 0.25) is 0 Å². The molecule has 9 atom stereocenters. The smallest absolute Gasteiger partial charge is 0.335 e. The minimum absolute atomic E-state index is 0.00703. The van der Waals surface area contributed by atoms with Gasteiger partial charge in [0.25, 0.3) is 0 Å². The average Bonchev–Trinajstić information content (AvgIpc) is 3.41. The minimum Gasteiger partial charge on any atom is -0.465 e. The van der Waals surface area contributed by atoms with E-state index in [1.807, 2.05) is 0 Å². The third-order valence-corrected chi connectivity index (χ3v) is 16.7. The third kappa shape index (κ3) is 8.90. The van der Waals surface area contributed by atoms with Gasteiger partial charge in [-0.3, -0.25) is 9.59 Å². The zero-order chi connectivity index (χ0) is 44.6. The molecule has 0 amide bonds. The molecule has 1 spiro atoms. The van der Waals surface area contributed by atoms with Crippen LogP contribution in [0.1, 0.15) is 110 Å². The second kappa shape index (κ2) is 17.0. The molecule has 6 bridgehead atoms. The Morgan fingerprint density at radius 1 is 0.556 bits per heavy atom. The average molecular weight is 915 g/mol. The Morgan fingerprint density at radius 2 is 1.11 bits per heavy atom. The van der Waals surface area contributed by atoms with E-state index in [2.05, 4.69) is 0 Å². The van der Waals surface area contributed by atoms with Gasteiger partial charge < -0.3 is 37.9 Å². The first-order valence-electron chi connectivity index (χ1n) is 23.3. The molecular formula is C45H62F8O10. The molecular weight excluding hydrogens is 852 g/mol. The van der Waals surface area contributed by atoms with E-state index in [9.17, 15) is 44.7 Å². The van der Waals surface area contributed by atoms with Crippen LogP contribution in [-0.2, 0) is 47.5 Å². The predicted octanol–water partition coefficient (Wildman–Crippen LogP) is 8.96. The fraction of sp³-hybridized carbons (Fsp3) is 0.956. The van der Waals surface area contributed by atoms with E-state index in [0.29, 0.717) is 56.8 Å². The fourth-order valence-corrected chi connectivity index (χ4v) is 13.5. The van der Waals surface area contributed by atoms with Gasteiger partial charge in [0, 0.05) is 23.7 Å². The first kappa shape index (κ1) is 46.3. The van der Waals surface area contributed by atoms with Crippen molar-refractivity contribution in [1.29, 1.82) is 0 Å². The second-order valence-electron chi connectivity index (χ2n) is 21.5. The number of carbonyl (C=O) groups excluding carboxylic acids is 2. The van der Waals surface area contributed by atoms with Crippen molar-refractivity contribution in [3.8, 4) is 0 Å². The minimum atomic E-state index is -4.42. The van der Waals surface area contributed by atoms with Crippen LogP contribution >= 0.6 is 0 Å². The highest BCUT2D eigenvalue weighted by Gasteiger charge is 2.65. The van der Waals surface area contributed by atoms with E-state index in [4.69, 9.17) is 37.9 Å². The maximum absolute atomic E-state index is 14.4. The van der Waals surface area contributed by atoms with Crippen molar-refractivity contribution in [1.82, 2.24) is 0 Å². The van der Waals surface area contributed by atoms with Crippen LogP contribution in [0.5, 0.6) is 0 Å². The number of ether oxygens (including phenoxy) is 8. The molecule has 0 aromatic carbocycles. The summed E-state index contributed by atoms with van der Waals surface area (Å²) in [6.45, 7) is -4.67. The van der Waals surface area contributed by atoms with Crippen molar-refractivity contribution in [3.05, 3.63) is 0 Å². The van der Waals surface area contributed by atoms with E-state index < -0.39 is 115 Å². The van der Waals surface area contributed by atoms with Crippen LogP contribution in [-0.4, -0.2) is 107 Å². The largest absolute Gasteiger partial charge is 0.465 e. The number of esters is 2. The lowest BCUT2D eigenvalue weighted by atomic mass is 9.58. The zero-order valence-electron chi connectivity index (χ0n) is 35.9. The van der Waals surface area contributed by atoms with Gasteiger partial charge in [-0.2, -0.15) is 35.1 Å². The summed E-state index contributed by atoms with van der Waals surface area (Å²) >= 11 is 0. The fourth-order valence-electron chi connectivity index (χ4n) is 13.5. The van der Waals surface area contributed by atoms with Gasteiger partial charge in [-0.1, -0.05) is 39.0 Å². The first-order valence-corrected chi connectivity index (χ1v) is 23.3. The van der Waals surface area contributed by atoms with Gasteiger partial charge in [0.1, 0.15) is 39.6 Å². The van der Waals surface area contributed by atoms with Gasteiger partial charge in [0.15, 0.2) is 18.4 Å². The van der Waals surface area contributed by atoms with Gasteiger partial charge in [-0.05, 0) is 94.3 Å². The second-order valence-corrected chi connectivity index (χ2v) is 21.5. The van der Waals surface area contributed by atoms with E-state index >= 15 is 0 Å². The van der Waals surface area contributed by atoms with Crippen molar-refractivity contribution < 1.29 is 82.6 Å². The number of halogens is 8. The lowest BCUT2D eigenvalue weighted by molar-refractivity contribution is -0.315. The van der Waals surface area contributed by atoms with Gasteiger partial charge in [0.05, 0.1) is 30.0 Å². The summed E-state index contributed by atoms with van der Waals surface area (Å²) in [6, 6.07) is 0. The molecule has 0 aromatic rings. The molecule has 9 unspecified atom stereocenters. The van der Waals surface area contributed by atoms with E-state index in [0.717, 1.165) is 19.3 Å². The SMILES string of the molecule is CC1CC2CC(C(=O)OCC3(COC(=O)C45CCCC(CC(C6OCC(F)(F)C(F)(F)CO6)C4)C5)COC(C4CC5CCCC(C5)C4)OC3)CC(C2)C12OCC(F)(F)C(F)(F)CO2. The van der Waals surface area contributed by atoms with Crippen LogP contribution < -0.4 is 0 Å². The molecule has 3 heterocycles. The Labute approximate surface area is 362 Å². The highest BCUT2D eigenvalue weighted by molar-refractivity contribution is 5.77. The standard InChI is InChI=1S/C45H62F8O10/c1-26-8-30-13-31(15-34(14-30)45(26)62-24-43(50,51)44(52,53)25-63-45)35(54)56-18-39(19-57-36(58-20-39)32-10-27-4-2-5-28(9-27)11-32)21-61-38(55)40-7-3-6-29(16-40)12-33(17-40)37-59-22-41(46,47)42(48,49)23-60-37/h26-34,36-37H,2-25H2,1H3. The molecule has 9 fully saturated rings. The molecule has 9 aliphatic rings. The zero-order valence-corrected chi connectivity index (χ0v) is 35.9. The van der Waals surface area contributed by atoms with Crippen LogP contribution in [0.4, 0.5) is 35.1 Å². The molecule has 3 aliphatic heterocycles. The molecule has 6 saturated carbocycles. The third-order valence-electron chi connectivity index (χ3n) is 16.7. The Hall–Kier alpha value is -1.86. The van der Waals surface area contributed by atoms with Crippen molar-refractivity contribution >= 4 is 11.9 Å². The molecule has 9 rings (SSSR count). The molecule has 10 nitrogen and oxygen atoms in total. The van der Waals surface area contributed by atoms with Crippen molar-refractivity contribution in [2.24, 2.45) is 64.1 Å². The Morgan fingerprint density at radius 3 is 1.76 bits per heavy atom. The lowest BCUT2D eigenvalue weighted by Gasteiger charge is -2.52. The monoisotopic (exact) mass is 914 g/mol. The summed E-state index contributed by atoms with van der Waals surface area (Å²) in [5.41, 5.74) is -2.17. The number of rotatable bonds is 8. The number of fused-ring (bicyclic) bond motifs is 7. The van der Waals surface area contributed by atoms with Gasteiger partial charge in [-0.15, -0.1) is 0 Å². The molecule has 63 heavy (non-hydrogen) atoms. The molecule has 0 N–H and O–H groups in total. The summed E-state index contributed by atoms with van der Waals surface area (Å²) in [5, 5.41) is 0. The summed E-state index contributed by atoms with van der Waals surface area (Å²) in [7, 11) is 0. The molecule has 6 aliphatic carbocycles. The number of carbonyl (C=O) groups is 2. The number of hydrogen-bond acceptors (Lipinski definition) is 10. The lowest BCUT2D eigenvalue weighted by Crippen LogP contribution is -2.56. The Balaban J connectivity index is 0.884. The maximum atomic E-state index is 14.4. The normalized spacial score (nSPS) is 44.1. The van der Waals surface area contributed by atoms with Gasteiger partial charge in [-0.25, -0.2) is 0 Å². The van der Waals surface area contributed by atoms with Crippen molar-refractivity contribution in [2.45, 2.75) is 152 Å². The quantitative estimate of drug-likeness (QED) is 0.173. The molecule has 0 aromatic heterocycles. The molecule has 0 radical (unpaired) electrons. The maximum Gasteiger partial charge on any atom is 0.335 e. The molecule has 18 heteroatoms. The van der Waals surface area contributed by atoms with E-state index in [1.54, 1.807) is 6.92 Å². The summed E-state index contributed by atoms with van der Waals surface area (Å²) in [6.07, 6.45) is 9.33. The molecule has 358 valence electrons. The van der Waals surface area contributed by atoms with E-state index in [1.165, 1.54) is 25.7 Å². The van der Waals surface area contributed by atoms with Crippen molar-refractivity contribution in [3.63, 3.8) is 0 Å². The highest BCUT2D eigenvalue weighted by Crippen LogP contribution is 2.57. The van der Waals surface area contributed by atoms with Crippen molar-refractivity contribution in [2.75, 3.05) is 52.9 Å². The highest BCUT2D eigenvalue weighted by atomic mass is 19.3. The Bertz CT molecular complexity index is 1630. The first-order chi connectivity index (χ1) is 29.7. The van der Waals surface area contributed by atoms with Gasteiger partial charge in [0.2, 0.25) is 0 Å². The van der Waals surface area contributed by atoms with E-state index in [-0.39, 0.29) is 57.0 Å². The topological polar surface area (TPSA) is 108 Å². The number of alkyl halides is 8. The summed E-state index contributed by atoms with van der Waals surface area (Å²) in [5.74, 6) is -21.5. The summed E-state index contributed by atoms with van der Waals surface area (Å²) in [4.78, 5) is 28.4. The predicted molar refractivity (Wildman–Crippen MR) is 204 cm³/mol. The Kier molecular flexibility index (Phi) is 12.5. The van der Waals surface area contributed by atoms with Crippen LogP contribution in [0.3, 0.4) is 0 Å². The van der Waals surface area contributed by atoms with Crippen LogP contribution in [0.25, 0.3) is 0 Å². The van der Waals surface area contributed by atoms with Crippen LogP contribution in [0, 0.1) is 64.1 Å². The van der Waals surface area contributed by atoms with Crippen LogP contribution in [0.15, 0.2) is 0 Å². The number of hydrogen-bond donors (Lipinski definition) is 0.